The van der Waals surface area contributed by atoms with E-state index in [1.54, 1.807) is 6.08 Å². The van der Waals surface area contributed by atoms with Gasteiger partial charge >= 0.3 is 0 Å². The predicted molar refractivity (Wildman–Crippen MR) is 63.7 cm³/mol. The Morgan fingerprint density at radius 1 is 1.07 bits per heavy atom. The average Bonchev–Trinajstić information content (AvgIpc) is 2.21. The van der Waals surface area contributed by atoms with Crippen LogP contribution in [0.3, 0.4) is 0 Å². The molecular formula is C11H21NOS. The van der Waals surface area contributed by atoms with E-state index in [0.29, 0.717) is 6.54 Å². The van der Waals surface area contributed by atoms with Crippen molar-refractivity contribution >= 4 is 17.8 Å². The second-order valence-electron chi connectivity index (χ2n) is 3.35. The quantitative estimate of drug-likeness (QED) is 0.317. The van der Waals surface area contributed by atoms with Gasteiger partial charge in [-0.05, 0) is 24.3 Å². The second kappa shape index (κ2) is 12.7. The predicted octanol–water partition coefficient (Wildman–Crippen LogP) is 3.42. The fourth-order valence-electron chi connectivity index (χ4n) is 1.20. The van der Waals surface area contributed by atoms with Gasteiger partial charge in [0.2, 0.25) is 6.08 Å². The van der Waals surface area contributed by atoms with Crippen LogP contribution in [0.4, 0.5) is 0 Å². The Bertz CT molecular complexity index is 155. The van der Waals surface area contributed by atoms with E-state index >= 15 is 0 Å². The molecule has 0 heterocycles. The summed E-state index contributed by atoms with van der Waals surface area (Å²) in [6.45, 7) is 2.88. The molecule has 0 amide bonds. The van der Waals surface area contributed by atoms with E-state index in [4.69, 9.17) is 0 Å². The summed E-state index contributed by atoms with van der Waals surface area (Å²) >= 11 is 1.97. The van der Waals surface area contributed by atoms with Crippen LogP contribution in [0, 0.1) is 0 Å². The standard InChI is InChI=1S/C11H21NOS/c1-2-3-4-5-6-9-14-10-7-8-12-11-13/h2-10H2,1H3. The van der Waals surface area contributed by atoms with Crippen molar-refractivity contribution in [3.05, 3.63) is 0 Å². The first kappa shape index (κ1) is 13.7. The van der Waals surface area contributed by atoms with Crippen LogP contribution in [0.15, 0.2) is 4.99 Å². The molecule has 0 atom stereocenters. The molecule has 0 aromatic carbocycles. The van der Waals surface area contributed by atoms with Crippen molar-refractivity contribution in [2.75, 3.05) is 18.1 Å². The largest absolute Gasteiger partial charge is 0.234 e. The van der Waals surface area contributed by atoms with Gasteiger partial charge in [-0.25, -0.2) is 9.79 Å². The van der Waals surface area contributed by atoms with Crippen LogP contribution >= 0.6 is 11.8 Å². The molecule has 0 N–H and O–H groups in total. The highest BCUT2D eigenvalue weighted by atomic mass is 32.2. The summed E-state index contributed by atoms with van der Waals surface area (Å²) in [5.41, 5.74) is 0. The molecule has 0 aromatic heterocycles. The highest BCUT2D eigenvalue weighted by molar-refractivity contribution is 7.99. The molecule has 82 valence electrons. The van der Waals surface area contributed by atoms with Crippen molar-refractivity contribution in [1.29, 1.82) is 0 Å². The SMILES string of the molecule is CCCCCCCSCCCN=C=O. The Kier molecular flexibility index (Phi) is 12.5. The summed E-state index contributed by atoms with van der Waals surface area (Å²) in [6, 6.07) is 0. The molecule has 0 aromatic rings. The van der Waals surface area contributed by atoms with E-state index in [1.807, 2.05) is 11.8 Å². The van der Waals surface area contributed by atoms with Gasteiger partial charge in [0, 0.05) is 0 Å². The van der Waals surface area contributed by atoms with Crippen molar-refractivity contribution in [3.8, 4) is 0 Å². The molecule has 0 rings (SSSR count). The van der Waals surface area contributed by atoms with Gasteiger partial charge in [0.05, 0.1) is 6.54 Å². The summed E-state index contributed by atoms with van der Waals surface area (Å²) in [6.07, 6.45) is 9.34. The van der Waals surface area contributed by atoms with Gasteiger partial charge in [-0.2, -0.15) is 11.8 Å². The van der Waals surface area contributed by atoms with Crippen LogP contribution in [0.25, 0.3) is 0 Å². The zero-order valence-corrected chi connectivity index (χ0v) is 9.94. The summed E-state index contributed by atoms with van der Waals surface area (Å²) < 4.78 is 0. The summed E-state index contributed by atoms with van der Waals surface area (Å²) in [5.74, 6) is 2.38. The van der Waals surface area contributed by atoms with E-state index in [2.05, 4.69) is 11.9 Å². The molecule has 14 heavy (non-hydrogen) atoms. The summed E-state index contributed by atoms with van der Waals surface area (Å²) in [7, 11) is 0. The highest BCUT2D eigenvalue weighted by Gasteiger charge is 1.91. The minimum atomic E-state index is 0.645. The Labute approximate surface area is 91.6 Å². The first-order valence-corrected chi connectivity index (χ1v) is 6.68. The third-order valence-electron chi connectivity index (χ3n) is 2.02. The molecule has 0 saturated carbocycles. The number of rotatable bonds is 10. The van der Waals surface area contributed by atoms with Crippen molar-refractivity contribution in [1.82, 2.24) is 0 Å². The van der Waals surface area contributed by atoms with E-state index in [9.17, 15) is 4.79 Å². The molecule has 0 unspecified atom stereocenters. The van der Waals surface area contributed by atoms with Gasteiger partial charge in [-0.1, -0.05) is 32.6 Å². The van der Waals surface area contributed by atoms with Gasteiger partial charge in [0.25, 0.3) is 0 Å². The summed E-state index contributed by atoms with van der Waals surface area (Å²) in [4.78, 5) is 13.3. The molecule has 0 aliphatic heterocycles. The Hall–Kier alpha value is -0.270. The minimum absolute atomic E-state index is 0.645. The van der Waals surface area contributed by atoms with Gasteiger partial charge < -0.3 is 0 Å². The van der Waals surface area contributed by atoms with Crippen molar-refractivity contribution in [2.24, 2.45) is 4.99 Å². The zero-order chi connectivity index (χ0) is 10.5. The molecule has 0 fully saturated rings. The zero-order valence-electron chi connectivity index (χ0n) is 9.13. The number of hydrogen-bond acceptors (Lipinski definition) is 3. The number of nitrogens with zero attached hydrogens (tertiary/aromatic N) is 1. The molecular weight excluding hydrogens is 194 g/mol. The van der Waals surface area contributed by atoms with E-state index in [-0.39, 0.29) is 0 Å². The number of aliphatic imine (C=N–C) groups is 1. The van der Waals surface area contributed by atoms with E-state index < -0.39 is 0 Å². The molecule has 2 nitrogen and oxygen atoms in total. The van der Waals surface area contributed by atoms with Crippen LogP contribution in [0.5, 0.6) is 0 Å². The minimum Gasteiger partial charge on any atom is -0.211 e. The van der Waals surface area contributed by atoms with E-state index in [0.717, 1.165) is 12.2 Å². The molecule has 0 spiro atoms. The summed E-state index contributed by atoms with van der Waals surface area (Å²) in [5, 5.41) is 0. The number of hydrogen-bond donors (Lipinski definition) is 0. The Morgan fingerprint density at radius 2 is 1.79 bits per heavy atom. The normalized spacial score (nSPS) is 9.79. The lowest BCUT2D eigenvalue weighted by atomic mass is 10.2. The lowest BCUT2D eigenvalue weighted by molar-refractivity contribution is 0.562. The third-order valence-corrected chi connectivity index (χ3v) is 3.17. The molecule has 0 aliphatic carbocycles. The maximum atomic E-state index is 9.74. The van der Waals surface area contributed by atoms with Crippen molar-refractivity contribution in [2.45, 2.75) is 45.4 Å². The fourth-order valence-corrected chi connectivity index (χ4v) is 2.15. The smallest absolute Gasteiger partial charge is 0.211 e. The number of unbranched alkanes of at least 4 members (excludes halogenated alkanes) is 4. The fraction of sp³-hybridized carbons (Fsp3) is 0.909. The second-order valence-corrected chi connectivity index (χ2v) is 4.58. The lowest BCUT2D eigenvalue weighted by Crippen LogP contribution is -1.87. The van der Waals surface area contributed by atoms with Crippen LogP contribution in [-0.2, 0) is 4.79 Å². The van der Waals surface area contributed by atoms with Crippen LogP contribution in [-0.4, -0.2) is 24.1 Å². The highest BCUT2D eigenvalue weighted by Crippen LogP contribution is 2.09. The van der Waals surface area contributed by atoms with Crippen LogP contribution in [0.1, 0.15) is 45.4 Å². The van der Waals surface area contributed by atoms with Crippen molar-refractivity contribution < 1.29 is 4.79 Å². The molecule has 0 aliphatic rings. The maximum absolute atomic E-state index is 9.74. The van der Waals surface area contributed by atoms with Crippen molar-refractivity contribution in [3.63, 3.8) is 0 Å². The van der Waals surface area contributed by atoms with Crippen LogP contribution in [0.2, 0.25) is 0 Å². The number of thioether (sulfide) groups is 1. The monoisotopic (exact) mass is 215 g/mol. The number of isocyanates is 1. The molecule has 0 bridgehead atoms. The maximum Gasteiger partial charge on any atom is 0.234 e. The first-order chi connectivity index (χ1) is 6.91. The molecule has 0 saturated heterocycles. The number of carbonyl (C=O) groups excluding carboxylic acids is 1. The van der Waals surface area contributed by atoms with Crippen LogP contribution < -0.4 is 0 Å². The third kappa shape index (κ3) is 11.7. The molecule has 3 heteroatoms. The van der Waals surface area contributed by atoms with Gasteiger partial charge in [-0.15, -0.1) is 0 Å². The Morgan fingerprint density at radius 3 is 2.50 bits per heavy atom. The topological polar surface area (TPSA) is 29.4 Å². The van der Waals surface area contributed by atoms with Gasteiger partial charge in [0.15, 0.2) is 0 Å². The Balaban J connectivity index is 2.88. The van der Waals surface area contributed by atoms with Gasteiger partial charge in [-0.3, -0.25) is 0 Å². The van der Waals surface area contributed by atoms with E-state index in [1.165, 1.54) is 37.9 Å². The average molecular weight is 215 g/mol. The molecule has 0 radical (unpaired) electrons. The first-order valence-electron chi connectivity index (χ1n) is 5.53. The van der Waals surface area contributed by atoms with Gasteiger partial charge in [0.1, 0.15) is 0 Å². The lowest BCUT2D eigenvalue weighted by Gasteiger charge is -2.00.